The molecule has 0 unspecified atom stereocenters. The minimum atomic E-state index is -0.200. The third kappa shape index (κ3) is 2.80. The number of amides is 2. The fourth-order valence-corrected chi connectivity index (χ4v) is 4.34. The number of rotatable bonds is 3. The van der Waals surface area contributed by atoms with Crippen LogP contribution in [-0.4, -0.2) is 54.8 Å². The molecule has 2 aliphatic rings. The van der Waals surface area contributed by atoms with Gasteiger partial charge in [0.1, 0.15) is 5.70 Å². The Labute approximate surface area is 157 Å². The van der Waals surface area contributed by atoms with Crippen molar-refractivity contribution in [3.8, 4) is 0 Å². The monoisotopic (exact) mass is 367 g/mol. The van der Waals surface area contributed by atoms with Crippen LogP contribution in [0.25, 0.3) is 5.57 Å². The number of piperazine rings is 1. The van der Waals surface area contributed by atoms with E-state index in [9.17, 15) is 9.59 Å². The molecule has 0 bridgehead atoms. The van der Waals surface area contributed by atoms with Gasteiger partial charge < -0.3 is 9.80 Å². The van der Waals surface area contributed by atoms with E-state index in [1.165, 1.54) is 27.5 Å². The summed E-state index contributed by atoms with van der Waals surface area (Å²) >= 11 is 1.50. The Balaban J connectivity index is 1.59. The average Bonchev–Trinajstić information content (AvgIpc) is 3.25. The molecule has 1 fully saturated rings. The first-order valence-corrected chi connectivity index (χ1v) is 9.61. The lowest BCUT2D eigenvalue weighted by Gasteiger charge is -2.37. The average molecular weight is 367 g/mol. The number of aryl methyl sites for hydroxylation is 1. The maximum atomic E-state index is 12.7. The molecule has 2 aliphatic heterocycles. The number of hydrogen-bond donors (Lipinski definition) is 0. The molecule has 5 nitrogen and oxygen atoms in total. The van der Waals surface area contributed by atoms with E-state index in [0.29, 0.717) is 11.3 Å². The van der Waals surface area contributed by atoms with E-state index >= 15 is 0 Å². The predicted molar refractivity (Wildman–Crippen MR) is 104 cm³/mol. The number of anilines is 1. The zero-order chi connectivity index (χ0) is 18.3. The van der Waals surface area contributed by atoms with Crippen molar-refractivity contribution in [1.29, 1.82) is 0 Å². The maximum absolute atomic E-state index is 12.7. The minimum Gasteiger partial charge on any atom is -0.368 e. The van der Waals surface area contributed by atoms with E-state index in [4.69, 9.17) is 0 Å². The molecule has 0 radical (unpaired) electrons. The Bertz CT molecular complexity index is 880. The van der Waals surface area contributed by atoms with Crippen molar-refractivity contribution in [2.45, 2.75) is 6.92 Å². The Morgan fingerprint density at radius 3 is 2.31 bits per heavy atom. The highest BCUT2D eigenvalue weighted by Crippen LogP contribution is 2.33. The summed E-state index contributed by atoms with van der Waals surface area (Å²) in [6, 6.07) is 12.3. The van der Waals surface area contributed by atoms with Gasteiger partial charge in [-0.2, -0.15) is 0 Å². The molecule has 1 aromatic carbocycles. The van der Waals surface area contributed by atoms with E-state index in [-0.39, 0.29) is 11.8 Å². The SMILES string of the molecule is Cc1cccc(N2CCN(C3=C(c4cccs4)C(=O)N(C)C3=O)CC2)c1. The van der Waals surface area contributed by atoms with E-state index in [1.54, 1.807) is 7.05 Å². The van der Waals surface area contributed by atoms with Gasteiger partial charge in [0.25, 0.3) is 11.8 Å². The highest BCUT2D eigenvalue weighted by Gasteiger charge is 2.40. The first-order chi connectivity index (χ1) is 12.6. The van der Waals surface area contributed by atoms with Gasteiger partial charge >= 0.3 is 0 Å². The summed E-state index contributed by atoms with van der Waals surface area (Å²) in [5.41, 5.74) is 3.56. The largest absolute Gasteiger partial charge is 0.368 e. The number of carbonyl (C=O) groups excluding carboxylic acids is 2. The van der Waals surface area contributed by atoms with Crippen molar-refractivity contribution in [2.24, 2.45) is 0 Å². The molecule has 26 heavy (non-hydrogen) atoms. The minimum absolute atomic E-state index is 0.192. The summed E-state index contributed by atoms with van der Waals surface area (Å²) in [5.74, 6) is -0.393. The zero-order valence-corrected chi connectivity index (χ0v) is 15.8. The molecule has 2 amide bonds. The molecule has 0 aliphatic carbocycles. The van der Waals surface area contributed by atoms with Crippen LogP contribution in [0, 0.1) is 6.92 Å². The summed E-state index contributed by atoms with van der Waals surface area (Å²) in [4.78, 5) is 31.8. The van der Waals surface area contributed by atoms with Crippen LogP contribution in [0.3, 0.4) is 0 Å². The number of hydrogen-bond acceptors (Lipinski definition) is 5. The van der Waals surface area contributed by atoms with Crippen LogP contribution < -0.4 is 4.90 Å². The van der Waals surface area contributed by atoms with Crippen LogP contribution in [0.2, 0.25) is 0 Å². The normalized spacial score (nSPS) is 18.3. The fourth-order valence-electron chi connectivity index (χ4n) is 3.58. The van der Waals surface area contributed by atoms with Crippen molar-refractivity contribution in [3.05, 3.63) is 57.9 Å². The van der Waals surface area contributed by atoms with Gasteiger partial charge in [0.05, 0.1) is 5.57 Å². The molecule has 1 aromatic heterocycles. The Hall–Kier alpha value is -2.60. The lowest BCUT2D eigenvalue weighted by atomic mass is 10.1. The standard InChI is InChI=1S/C20H21N3O2S/c1-14-5-3-6-15(13-14)22-8-10-23(11-9-22)18-17(16-7-4-12-26-16)19(24)21(2)20(18)25/h3-7,12-13H,8-11H2,1-2H3. The molecule has 0 N–H and O–H groups in total. The van der Waals surface area contributed by atoms with Gasteiger partial charge in [0, 0.05) is 43.8 Å². The van der Waals surface area contributed by atoms with Crippen LogP contribution in [0.1, 0.15) is 10.4 Å². The molecular weight excluding hydrogens is 346 g/mol. The Morgan fingerprint density at radius 2 is 1.65 bits per heavy atom. The predicted octanol–water partition coefficient (Wildman–Crippen LogP) is 2.59. The Kier molecular flexibility index (Phi) is 4.28. The molecule has 6 heteroatoms. The second-order valence-electron chi connectivity index (χ2n) is 6.68. The summed E-state index contributed by atoms with van der Waals surface area (Å²) in [6.07, 6.45) is 0. The van der Waals surface area contributed by atoms with Gasteiger partial charge in [-0.25, -0.2) is 0 Å². The van der Waals surface area contributed by atoms with Gasteiger partial charge in [-0.05, 0) is 36.1 Å². The number of carbonyl (C=O) groups is 2. The third-order valence-corrected chi connectivity index (χ3v) is 5.88. The number of nitrogens with zero attached hydrogens (tertiary/aromatic N) is 3. The van der Waals surface area contributed by atoms with E-state index < -0.39 is 0 Å². The smallest absolute Gasteiger partial charge is 0.277 e. The summed E-state index contributed by atoms with van der Waals surface area (Å²) < 4.78 is 0. The molecule has 0 spiro atoms. The second-order valence-corrected chi connectivity index (χ2v) is 7.63. The number of likely N-dealkylation sites (N-methyl/N-ethyl adjacent to an activating group) is 1. The van der Waals surface area contributed by atoms with Crippen molar-refractivity contribution in [3.63, 3.8) is 0 Å². The van der Waals surface area contributed by atoms with Crippen LogP contribution in [-0.2, 0) is 9.59 Å². The molecular formula is C20H21N3O2S. The molecule has 4 rings (SSSR count). The lowest BCUT2D eigenvalue weighted by molar-refractivity contribution is -0.135. The first kappa shape index (κ1) is 16.8. The van der Waals surface area contributed by atoms with Gasteiger partial charge in [0.2, 0.25) is 0 Å². The highest BCUT2D eigenvalue weighted by molar-refractivity contribution is 7.11. The molecule has 134 valence electrons. The second kappa shape index (κ2) is 6.61. The van der Waals surface area contributed by atoms with Gasteiger partial charge in [-0.1, -0.05) is 18.2 Å². The number of imide groups is 1. The van der Waals surface area contributed by atoms with Gasteiger partial charge in [-0.3, -0.25) is 14.5 Å². The topological polar surface area (TPSA) is 43.9 Å². The first-order valence-electron chi connectivity index (χ1n) is 8.73. The van der Waals surface area contributed by atoms with Crippen molar-refractivity contribution >= 4 is 34.4 Å². The summed E-state index contributed by atoms with van der Waals surface area (Å²) in [7, 11) is 1.56. The summed E-state index contributed by atoms with van der Waals surface area (Å²) in [5, 5.41) is 1.94. The van der Waals surface area contributed by atoms with E-state index in [0.717, 1.165) is 31.1 Å². The van der Waals surface area contributed by atoms with Crippen LogP contribution in [0.15, 0.2) is 47.5 Å². The van der Waals surface area contributed by atoms with Crippen LogP contribution >= 0.6 is 11.3 Å². The fraction of sp³-hybridized carbons (Fsp3) is 0.300. The number of thiophene rings is 1. The Morgan fingerprint density at radius 1 is 0.923 bits per heavy atom. The van der Waals surface area contributed by atoms with Crippen LogP contribution in [0.4, 0.5) is 5.69 Å². The summed E-state index contributed by atoms with van der Waals surface area (Å²) in [6.45, 7) is 5.21. The molecule has 3 heterocycles. The molecule has 0 atom stereocenters. The van der Waals surface area contributed by atoms with E-state index in [2.05, 4.69) is 41.0 Å². The van der Waals surface area contributed by atoms with Crippen molar-refractivity contribution in [1.82, 2.24) is 9.80 Å². The zero-order valence-electron chi connectivity index (χ0n) is 14.9. The van der Waals surface area contributed by atoms with E-state index in [1.807, 2.05) is 17.5 Å². The molecule has 1 saturated heterocycles. The molecule has 2 aromatic rings. The third-order valence-electron chi connectivity index (χ3n) is 4.99. The maximum Gasteiger partial charge on any atom is 0.277 e. The van der Waals surface area contributed by atoms with Crippen molar-refractivity contribution < 1.29 is 9.59 Å². The van der Waals surface area contributed by atoms with Gasteiger partial charge in [0.15, 0.2) is 0 Å². The quantitative estimate of drug-likeness (QED) is 0.782. The number of benzene rings is 1. The molecule has 0 saturated carbocycles. The highest BCUT2D eigenvalue weighted by atomic mass is 32.1. The van der Waals surface area contributed by atoms with Crippen LogP contribution in [0.5, 0.6) is 0 Å². The van der Waals surface area contributed by atoms with Crippen molar-refractivity contribution in [2.75, 3.05) is 38.1 Å². The lowest BCUT2D eigenvalue weighted by Crippen LogP contribution is -2.47. The van der Waals surface area contributed by atoms with Gasteiger partial charge in [-0.15, -0.1) is 11.3 Å².